The zero-order valence-corrected chi connectivity index (χ0v) is 27.6. The summed E-state index contributed by atoms with van der Waals surface area (Å²) in [6, 6.07) is 15.1. The molecule has 2 aromatic rings. The van der Waals surface area contributed by atoms with Gasteiger partial charge in [-0.05, 0) is 49.3 Å². The number of unbranched alkanes of at least 4 members (excludes halogenated alkanes) is 2. The van der Waals surface area contributed by atoms with Crippen LogP contribution in [0.25, 0.3) is 0 Å². The molecule has 0 bridgehead atoms. The van der Waals surface area contributed by atoms with E-state index in [9.17, 15) is 19.2 Å². The van der Waals surface area contributed by atoms with Gasteiger partial charge in [0.05, 0.1) is 25.8 Å². The van der Waals surface area contributed by atoms with Crippen molar-refractivity contribution >= 4 is 23.6 Å². The summed E-state index contributed by atoms with van der Waals surface area (Å²) in [5.74, 6) is -1.79. The number of ether oxygens (including phenoxy) is 2. The molecule has 2 aromatic carbocycles. The molecular formula is C35H52N6O6. The number of rotatable bonds is 20. The highest BCUT2D eigenvalue weighted by atomic mass is 16.7. The van der Waals surface area contributed by atoms with Crippen molar-refractivity contribution in [3.8, 4) is 0 Å². The molecule has 8 N–H and O–H groups in total. The van der Waals surface area contributed by atoms with Gasteiger partial charge in [0.15, 0.2) is 6.29 Å². The highest BCUT2D eigenvalue weighted by Gasteiger charge is 2.31. The van der Waals surface area contributed by atoms with Crippen molar-refractivity contribution in [2.24, 2.45) is 17.4 Å². The molecule has 1 aliphatic heterocycles. The van der Waals surface area contributed by atoms with Gasteiger partial charge in [-0.25, -0.2) is 0 Å². The molecule has 1 fully saturated rings. The van der Waals surface area contributed by atoms with E-state index in [4.69, 9.17) is 20.9 Å². The van der Waals surface area contributed by atoms with Crippen LogP contribution in [0.3, 0.4) is 0 Å². The van der Waals surface area contributed by atoms with Crippen LogP contribution >= 0.6 is 0 Å². The molecule has 0 radical (unpaired) electrons. The van der Waals surface area contributed by atoms with Crippen LogP contribution in [0.5, 0.6) is 0 Å². The molecule has 0 aromatic heterocycles. The summed E-state index contributed by atoms with van der Waals surface area (Å²) in [7, 11) is 0. The zero-order valence-electron chi connectivity index (χ0n) is 27.6. The van der Waals surface area contributed by atoms with Gasteiger partial charge < -0.3 is 42.2 Å². The Morgan fingerprint density at radius 1 is 0.723 bits per heavy atom. The van der Waals surface area contributed by atoms with Crippen LogP contribution < -0.4 is 32.7 Å². The van der Waals surface area contributed by atoms with Crippen LogP contribution in [0.1, 0.15) is 57.1 Å². The van der Waals surface area contributed by atoms with E-state index < -0.39 is 48.2 Å². The number of hydrogen-bond acceptors (Lipinski definition) is 8. The van der Waals surface area contributed by atoms with E-state index in [2.05, 4.69) is 21.3 Å². The van der Waals surface area contributed by atoms with Crippen LogP contribution in [0.4, 0.5) is 0 Å². The van der Waals surface area contributed by atoms with E-state index in [1.165, 1.54) is 0 Å². The van der Waals surface area contributed by atoms with Crippen LogP contribution in [0.15, 0.2) is 60.7 Å². The van der Waals surface area contributed by atoms with Crippen molar-refractivity contribution in [2.75, 3.05) is 26.3 Å². The van der Waals surface area contributed by atoms with E-state index in [1.54, 1.807) is 0 Å². The Bertz CT molecular complexity index is 1240. The Morgan fingerprint density at radius 3 is 1.87 bits per heavy atom. The van der Waals surface area contributed by atoms with Gasteiger partial charge in [-0.2, -0.15) is 0 Å². The second-order valence-electron chi connectivity index (χ2n) is 12.4. The van der Waals surface area contributed by atoms with Gasteiger partial charge in [0.25, 0.3) is 0 Å². The lowest BCUT2D eigenvalue weighted by atomic mass is 9.99. The second-order valence-corrected chi connectivity index (χ2v) is 12.4. The summed E-state index contributed by atoms with van der Waals surface area (Å²) >= 11 is 0. The summed E-state index contributed by atoms with van der Waals surface area (Å²) in [5.41, 5.74) is 13.6. The van der Waals surface area contributed by atoms with E-state index in [1.807, 2.05) is 74.5 Å². The van der Waals surface area contributed by atoms with Crippen LogP contribution in [-0.4, -0.2) is 80.4 Å². The van der Waals surface area contributed by atoms with Gasteiger partial charge in [-0.3, -0.25) is 19.2 Å². The Labute approximate surface area is 278 Å². The molecule has 3 rings (SSSR count). The maximum atomic E-state index is 13.8. The third kappa shape index (κ3) is 13.8. The Balaban J connectivity index is 1.72. The zero-order chi connectivity index (χ0) is 34.0. The molecule has 0 aliphatic carbocycles. The number of nitrogens with one attached hydrogen (secondary N) is 4. The molecule has 0 saturated carbocycles. The number of carbonyl (C=O) groups excluding carboxylic acids is 4. The summed E-state index contributed by atoms with van der Waals surface area (Å²) in [4.78, 5) is 53.9. The Morgan fingerprint density at radius 2 is 1.28 bits per heavy atom. The average Bonchev–Trinajstić information content (AvgIpc) is 3.59. The maximum absolute atomic E-state index is 13.8. The normalized spacial score (nSPS) is 15.8. The number of nitrogens with two attached hydrogens (primary N) is 2. The Kier molecular flexibility index (Phi) is 16.3. The fraction of sp³-hybridized carbons (Fsp3) is 0.543. The molecule has 47 heavy (non-hydrogen) atoms. The fourth-order valence-corrected chi connectivity index (χ4v) is 5.32. The van der Waals surface area contributed by atoms with Crippen LogP contribution in [0, 0.1) is 5.92 Å². The molecule has 12 heteroatoms. The largest absolute Gasteiger partial charge is 0.349 e. The quantitative estimate of drug-likeness (QED) is 0.116. The van der Waals surface area contributed by atoms with Crippen LogP contribution in [0.2, 0.25) is 0 Å². The molecule has 12 nitrogen and oxygen atoms in total. The predicted molar refractivity (Wildman–Crippen MR) is 180 cm³/mol. The van der Waals surface area contributed by atoms with Crippen molar-refractivity contribution < 1.29 is 28.7 Å². The molecule has 1 aliphatic rings. The fourth-order valence-electron chi connectivity index (χ4n) is 5.32. The van der Waals surface area contributed by atoms with Gasteiger partial charge in [0.2, 0.25) is 23.6 Å². The standard InChI is InChI=1S/C35H52N6O6/c1-24(2)20-29(34(44)39-28(16-10-5-11-17-36)33(43)38-23-31-46-18-19-47-31)41-35(45)30(22-26-14-8-4-9-15-26)40-32(42)27(37)21-25-12-6-3-7-13-25/h3-4,6-9,12-15,24,27-31H,5,10-11,16-23,36-37H2,1-2H3,(H,38,43)(H,39,44)(H,40,42)(H,41,45)/t27-,28-,29-,30-/m1/s1. The minimum atomic E-state index is -0.990. The smallest absolute Gasteiger partial charge is 0.243 e. The van der Waals surface area contributed by atoms with Gasteiger partial charge >= 0.3 is 0 Å². The lowest BCUT2D eigenvalue weighted by molar-refractivity contribution is -0.134. The van der Waals surface area contributed by atoms with Crippen LogP contribution in [-0.2, 0) is 41.5 Å². The Hall–Kier alpha value is -3.84. The lowest BCUT2D eigenvalue weighted by Crippen LogP contribution is -2.58. The number of carbonyl (C=O) groups is 4. The van der Waals surface area contributed by atoms with Gasteiger partial charge in [0.1, 0.15) is 18.1 Å². The van der Waals surface area contributed by atoms with Crippen molar-refractivity contribution in [1.29, 1.82) is 0 Å². The highest BCUT2D eigenvalue weighted by Crippen LogP contribution is 2.11. The topological polar surface area (TPSA) is 187 Å². The third-order valence-corrected chi connectivity index (χ3v) is 7.85. The minimum Gasteiger partial charge on any atom is -0.349 e. The molecule has 1 saturated heterocycles. The average molecular weight is 653 g/mol. The van der Waals surface area contributed by atoms with E-state index in [0.29, 0.717) is 45.4 Å². The first-order valence-corrected chi connectivity index (χ1v) is 16.6. The van der Waals surface area contributed by atoms with E-state index in [0.717, 1.165) is 24.0 Å². The van der Waals surface area contributed by atoms with Gasteiger partial charge in [0, 0.05) is 6.42 Å². The third-order valence-electron chi connectivity index (χ3n) is 7.85. The van der Waals surface area contributed by atoms with Crippen molar-refractivity contribution in [3.05, 3.63) is 71.8 Å². The van der Waals surface area contributed by atoms with E-state index in [-0.39, 0.29) is 24.8 Å². The summed E-state index contributed by atoms with van der Waals surface area (Å²) in [6.07, 6.45) is 2.99. The lowest BCUT2D eigenvalue weighted by Gasteiger charge is -2.27. The minimum absolute atomic E-state index is 0.0426. The summed E-state index contributed by atoms with van der Waals surface area (Å²) in [6.45, 7) is 5.50. The van der Waals surface area contributed by atoms with Crippen molar-refractivity contribution in [1.82, 2.24) is 21.3 Å². The molecular weight excluding hydrogens is 600 g/mol. The summed E-state index contributed by atoms with van der Waals surface area (Å²) in [5, 5.41) is 11.4. The first-order valence-electron chi connectivity index (χ1n) is 16.6. The molecule has 4 amide bonds. The predicted octanol–water partition coefficient (Wildman–Crippen LogP) is 1.31. The highest BCUT2D eigenvalue weighted by molar-refractivity contribution is 5.95. The maximum Gasteiger partial charge on any atom is 0.243 e. The molecule has 4 atom stereocenters. The molecule has 258 valence electrons. The van der Waals surface area contributed by atoms with Crippen molar-refractivity contribution in [3.63, 3.8) is 0 Å². The molecule has 0 unspecified atom stereocenters. The second kappa shape index (κ2) is 20.4. The van der Waals surface area contributed by atoms with Gasteiger partial charge in [-0.15, -0.1) is 0 Å². The monoisotopic (exact) mass is 652 g/mol. The molecule has 0 spiro atoms. The first-order chi connectivity index (χ1) is 22.7. The van der Waals surface area contributed by atoms with Gasteiger partial charge in [-0.1, -0.05) is 87.4 Å². The molecule has 1 heterocycles. The first kappa shape index (κ1) is 37.6. The number of benzene rings is 2. The summed E-state index contributed by atoms with van der Waals surface area (Å²) < 4.78 is 10.8. The van der Waals surface area contributed by atoms with Crippen molar-refractivity contribution in [2.45, 2.75) is 89.3 Å². The van der Waals surface area contributed by atoms with E-state index >= 15 is 0 Å². The number of amides is 4. The number of hydrogen-bond donors (Lipinski definition) is 6. The SMILES string of the molecule is CC(C)C[C@@H](NC(=O)[C@@H](Cc1ccccc1)NC(=O)[C@H](N)Cc1ccccc1)C(=O)N[C@H](CCCCCN)C(=O)NCC1OCCO1.